The van der Waals surface area contributed by atoms with E-state index in [-0.39, 0.29) is 11.8 Å². The Morgan fingerprint density at radius 1 is 0.727 bits per heavy atom. The molecule has 160 valence electrons. The summed E-state index contributed by atoms with van der Waals surface area (Å²) < 4.78 is 6.23. The Balaban J connectivity index is 1.35. The number of ether oxygens (including phenoxy) is 1. The number of hydrogen-bond acceptors (Lipinski definition) is 4. The summed E-state index contributed by atoms with van der Waals surface area (Å²) in [5.74, 6) is 0.662. The normalized spacial score (nSPS) is 18.7. The highest BCUT2D eigenvalue weighted by Gasteiger charge is 2.43. The second-order valence-corrected chi connectivity index (χ2v) is 8.33. The van der Waals surface area contributed by atoms with Crippen LogP contribution in [0.5, 0.6) is 5.75 Å². The molecule has 4 heteroatoms. The standard InChI is InChI=1S/C29H22N2O2/c32-28(23-17-15-21(16-18-23)20-9-3-1-4-10-20)29-31-26(24-13-7-8-14-27(24)33-29)19-25(30-31)22-11-5-2-6-12-22/h1-18,26,29H,19H2/t26-,29-/m0/s1. The van der Waals surface area contributed by atoms with Crippen LogP contribution in [0, 0.1) is 0 Å². The van der Waals surface area contributed by atoms with Crippen LogP contribution in [-0.4, -0.2) is 22.7 Å². The van der Waals surface area contributed by atoms with Crippen LogP contribution in [0.3, 0.4) is 0 Å². The number of nitrogens with zero attached hydrogens (tertiary/aromatic N) is 2. The van der Waals surface area contributed by atoms with Crippen molar-refractivity contribution in [1.29, 1.82) is 0 Å². The van der Waals surface area contributed by atoms with Gasteiger partial charge in [0.2, 0.25) is 5.78 Å². The molecular weight excluding hydrogens is 408 g/mol. The Morgan fingerprint density at radius 2 is 1.33 bits per heavy atom. The maximum absolute atomic E-state index is 13.6. The number of ketones is 1. The fourth-order valence-corrected chi connectivity index (χ4v) is 4.61. The lowest BCUT2D eigenvalue weighted by Crippen LogP contribution is -2.45. The Labute approximate surface area is 192 Å². The molecule has 0 N–H and O–H groups in total. The van der Waals surface area contributed by atoms with Crippen LogP contribution < -0.4 is 4.74 Å². The average Bonchev–Trinajstić information content (AvgIpc) is 3.35. The number of carbonyl (C=O) groups is 1. The molecular formula is C29H22N2O2. The second kappa shape index (κ2) is 8.06. The molecule has 6 rings (SSSR count). The molecule has 4 nitrogen and oxygen atoms in total. The molecule has 0 saturated carbocycles. The fourth-order valence-electron chi connectivity index (χ4n) is 4.61. The summed E-state index contributed by atoms with van der Waals surface area (Å²) in [5, 5.41) is 6.72. The number of fused-ring (bicyclic) bond motifs is 3. The number of benzene rings is 4. The van der Waals surface area contributed by atoms with Gasteiger partial charge in [0.1, 0.15) is 5.75 Å². The third-order valence-electron chi connectivity index (χ3n) is 6.31. The molecule has 4 aromatic rings. The van der Waals surface area contributed by atoms with Crippen molar-refractivity contribution < 1.29 is 9.53 Å². The van der Waals surface area contributed by atoms with Gasteiger partial charge in [-0.2, -0.15) is 5.10 Å². The van der Waals surface area contributed by atoms with Crippen molar-refractivity contribution in [2.24, 2.45) is 5.10 Å². The van der Waals surface area contributed by atoms with Crippen LogP contribution >= 0.6 is 0 Å². The maximum Gasteiger partial charge on any atom is 0.251 e. The lowest BCUT2D eigenvalue weighted by Gasteiger charge is -2.37. The van der Waals surface area contributed by atoms with Crippen molar-refractivity contribution in [3.8, 4) is 16.9 Å². The van der Waals surface area contributed by atoms with Gasteiger partial charge in [-0.1, -0.05) is 103 Å². The summed E-state index contributed by atoms with van der Waals surface area (Å²) in [5.41, 5.74) is 5.92. The largest absolute Gasteiger partial charge is 0.461 e. The van der Waals surface area contributed by atoms with Crippen molar-refractivity contribution in [3.05, 3.63) is 126 Å². The summed E-state index contributed by atoms with van der Waals surface area (Å²) in [6.45, 7) is 0. The van der Waals surface area contributed by atoms with E-state index in [1.54, 1.807) is 0 Å². The number of para-hydroxylation sites is 1. The highest BCUT2D eigenvalue weighted by Crippen LogP contribution is 2.43. The van der Waals surface area contributed by atoms with Crippen LogP contribution in [0.1, 0.15) is 33.9 Å². The third-order valence-corrected chi connectivity index (χ3v) is 6.31. The summed E-state index contributed by atoms with van der Waals surface area (Å²) in [7, 11) is 0. The van der Waals surface area contributed by atoms with Gasteiger partial charge in [-0.25, -0.2) is 5.01 Å². The highest BCUT2D eigenvalue weighted by atomic mass is 16.5. The highest BCUT2D eigenvalue weighted by molar-refractivity contribution is 6.03. The van der Waals surface area contributed by atoms with Gasteiger partial charge >= 0.3 is 0 Å². The molecule has 0 radical (unpaired) electrons. The van der Waals surface area contributed by atoms with Crippen LogP contribution in [0.4, 0.5) is 0 Å². The van der Waals surface area contributed by atoms with Crippen molar-refractivity contribution >= 4 is 11.5 Å². The topological polar surface area (TPSA) is 41.9 Å². The van der Waals surface area contributed by atoms with Gasteiger partial charge < -0.3 is 4.74 Å². The average molecular weight is 431 g/mol. The van der Waals surface area contributed by atoms with E-state index in [1.165, 1.54) is 0 Å². The Bertz CT molecular complexity index is 1330. The van der Waals surface area contributed by atoms with E-state index in [2.05, 4.69) is 30.3 Å². The lowest BCUT2D eigenvalue weighted by molar-refractivity contribution is -0.00455. The van der Waals surface area contributed by atoms with Gasteiger partial charge in [-0.3, -0.25) is 4.79 Å². The minimum Gasteiger partial charge on any atom is -0.461 e. The molecule has 0 unspecified atom stereocenters. The van der Waals surface area contributed by atoms with Crippen molar-refractivity contribution in [1.82, 2.24) is 5.01 Å². The zero-order valence-electron chi connectivity index (χ0n) is 18.0. The number of hydrogen-bond donors (Lipinski definition) is 0. The molecule has 4 aromatic carbocycles. The lowest BCUT2D eigenvalue weighted by atomic mass is 9.95. The molecule has 2 heterocycles. The predicted molar refractivity (Wildman–Crippen MR) is 129 cm³/mol. The van der Waals surface area contributed by atoms with Gasteiger partial charge in [0, 0.05) is 17.5 Å². The van der Waals surface area contributed by atoms with Crippen molar-refractivity contribution in [2.75, 3.05) is 0 Å². The summed E-state index contributed by atoms with van der Waals surface area (Å²) >= 11 is 0. The smallest absolute Gasteiger partial charge is 0.251 e. The van der Waals surface area contributed by atoms with Crippen LogP contribution in [-0.2, 0) is 0 Å². The molecule has 0 fully saturated rings. The van der Waals surface area contributed by atoms with Gasteiger partial charge in [-0.15, -0.1) is 0 Å². The van der Waals surface area contributed by atoms with Gasteiger partial charge in [0.15, 0.2) is 0 Å². The maximum atomic E-state index is 13.6. The second-order valence-electron chi connectivity index (χ2n) is 8.33. The van der Waals surface area contributed by atoms with Crippen molar-refractivity contribution in [3.63, 3.8) is 0 Å². The van der Waals surface area contributed by atoms with Gasteiger partial charge in [0.05, 0.1) is 11.8 Å². The number of Topliss-reactive ketones (excluding diaryl/α,β-unsaturated/α-hetero) is 1. The van der Waals surface area contributed by atoms with Crippen LogP contribution in [0.15, 0.2) is 114 Å². The zero-order chi connectivity index (χ0) is 22.2. The Morgan fingerprint density at radius 3 is 2.06 bits per heavy atom. The molecule has 2 aliphatic rings. The first kappa shape index (κ1) is 19.5. The minimum atomic E-state index is -0.798. The third kappa shape index (κ3) is 3.50. The first-order valence-electron chi connectivity index (χ1n) is 11.1. The zero-order valence-corrected chi connectivity index (χ0v) is 18.0. The van der Waals surface area contributed by atoms with E-state index in [4.69, 9.17) is 9.84 Å². The minimum absolute atomic E-state index is 0.0253. The summed E-state index contributed by atoms with van der Waals surface area (Å²) in [4.78, 5) is 13.6. The number of carbonyl (C=O) groups excluding carboxylic acids is 1. The van der Waals surface area contributed by atoms with Crippen LogP contribution in [0.25, 0.3) is 11.1 Å². The van der Waals surface area contributed by atoms with E-state index in [0.717, 1.165) is 40.1 Å². The summed E-state index contributed by atoms with van der Waals surface area (Å²) in [6.07, 6.45) is -0.0603. The van der Waals surface area contributed by atoms with E-state index < -0.39 is 6.23 Å². The molecule has 0 saturated heterocycles. The Kier molecular flexibility index (Phi) is 4.76. The fraction of sp³-hybridized carbons (Fsp3) is 0.103. The van der Waals surface area contributed by atoms with Gasteiger partial charge in [-0.05, 0) is 22.8 Å². The van der Waals surface area contributed by atoms with E-state index in [9.17, 15) is 4.79 Å². The first-order chi connectivity index (χ1) is 16.3. The molecule has 33 heavy (non-hydrogen) atoms. The van der Waals surface area contributed by atoms with E-state index >= 15 is 0 Å². The number of hydrazone groups is 1. The van der Waals surface area contributed by atoms with E-state index in [0.29, 0.717) is 5.56 Å². The van der Waals surface area contributed by atoms with E-state index in [1.807, 2.05) is 83.9 Å². The Hall–Kier alpha value is -4.18. The molecule has 0 aliphatic carbocycles. The molecule has 0 spiro atoms. The van der Waals surface area contributed by atoms with Crippen LogP contribution in [0.2, 0.25) is 0 Å². The van der Waals surface area contributed by atoms with Gasteiger partial charge in [0.25, 0.3) is 6.23 Å². The molecule has 0 bridgehead atoms. The molecule has 0 aromatic heterocycles. The molecule has 2 aliphatic heterocycles. The molecule has 2 atom stereocenters. The predicted octanol–water partition coefficient (Wildman–Crippen LogP) is 6.11. The summed E-state index contributed by atoms with van der Waals surface area (Å²) in [6, 6.07) is 35.9. The van der Waals surface area contributed by atoms with Crippen molar-refractivity contribution in [2.45, 2.75) is 18.7 Å². The molecule has 0 amide bonds. The quantitative estimate of drug-likeness (QED) is 0.367. The first-order valence-corrected chi connectivity index (χ1v) is 11.1. The SMILES string of the molecule is O=C(c1ccc(-c2ccccc2)cc1)[C@@H]1Oc2ccccc2[C@@H]2CC(c3ccccc3)=NN12. The number of rotatable bonds is 4. The monoisotopic (exact) mass is 430 g/mol.